The molecule has 0 bridgehead atoms. The molecule has 2 aromatic carbocycles. The Labute approximate surface area is 181 Å². The highest BCUT2D eigenvalue weighted by molar-refractivity contribution is 5.90. The number of aromatic nitrogens is 5. The van der Waals surface area contributed by atoms with Crippen molar-refractivity contribution in [2.45, 2.75) is 12.8 Å². The second-order valence-electron chi connectivity index (χ2n) is 7.73. The first-order valence-corrected chi connectivity index (χ1v) is 10.1. The first kappa shape index (κ1) is 18.4. The number of nitrogens with one attached hydrogen (secondary N) is 1. The Balaban J connectivity index is 1.58. The van der Waals surface area contributed by atoms with Crippen LogP contribution in [0.25, 0.3) is 27.8 Å². The molecule has 0 amide bonds. The molecule has 0 fully saturated rings. The van der Waals surface area contributed by atoms with Crippen LogP contribution in [0.3, 0.4) is 0 Å². The van der Waals surface area contributed by atoms with Crippen molar-refractivity contribution in [3.63, 3.8) is 0 Å². The van der Waals surface area contributed by atoms with Crippen LogP contribution in [0.4, 0.5) is 4.39 Å². The maximum Gasteiger partial charge on any atom is 0.354 e. The van der Waals surface area contributed by atoms with Gasteiger partial charge in [0.15, 0.2) is 5.69 Å². The van der Waals surface area contributed by atoms with Gasteiger partial charge in [-0.05, 0) is 29.8 Å². The van der Waals surface area contributed by atoms with E-state index in [1.54, 1.807) is 12.3 Å². The molecule has 0 spiro atoms. The predicted octanol–water partition coefficient (Wildman–Crippen LogP) is 4.14. The number of rotatable bonds is 3. The second kappa shape index (κ2) is 6.84. The molecular formula is C24H16FN5O2. The molecule has 0 saturated heterocycles. The summed E-state index contributed by atoms with van der Waals surface area (Å²) in [5, 5.41) is 10.8. The van der Waals surface area contributed by atoms with Gasteiger partial charge in [0.2, 0.25) is 0 Å². The van der Waals surface area contributed by atoms with Gasteiger partial charge >= 0.3 is 5.97 Å². The van der Waals surface area contributed by atoms with Crippen LogP contribution in [0, 0.1) is 5.82 Å². The number of aromatic carboxylic acids is 1. The van der Waals surface area contributed by atoms with E-state index in [0.717, 1.165) is 28.0 Å². The lowest BCUT2D eigenvalue weighted by molar-refractivity contribution is 0.0689. The molecule has 32 heavy (non-hydrogen) atoms. The highest BCUT2D eigenvalue weighted by Crippen LogP contribution is 2.36. The largest absolute Gasteiger partial charge is 0.476 e. The third-order valence-corrected chi connectivity index (χ3v) is 5.89. The minimum atomic E-state index is -1.13. The Morgan fingerprint density at radius 2 is 2.03 bits per heavy atom. The SMILES string of the molecule is O=C(O)c1ncnc2c1Cc1cnc(Cc3c[nH]c4ccccc34)n1-c1cc(F)ccc1-2. The number of hydrogen-bond acceptors (Lipinski definition) is 4. The normalized spacial score (nSPS) is 12.2. The van der Waals surface area contributed by atoms with Crippen LogP contribution in [0.5, 0.6) is 0 Å². The number of nitrogens with zero attached hydrogens (tertiary/aromatic N) is 4. The van der Waals surface area contributed by atoms with Crippen LogP contribution in [0.1, 0.15) is 33.1 Å². The third-order valence-electron chi connectivity index (χ3n) is 5.89. The van der Waals surface area contributed by atoms with Gasteiger partial charge < -0.3 is 10.1 Å². The lowest BCUT2D eigenvalue weighted by Gasteiger charge is -2.13. The average molecular weight is 425 g/mol. The molecule has 156 valence electrons. The average Bonchev–Trinajstić information content (AvgIpc) is 3.35. The molecule has 0 radical (unpaired) electrons. The number of aromatic amines is 1. The summed E-state index contributed by atoms with van der Waals surface area (Å²) in [6.07, 6.45) is 5.70. The van der Waals surface area contributed by atoms with Gasteiger partial charge in [-0.1, -0.05) is 18.2 Å². The number of imidazole rings is 1. The van der Waals surface area contributed by atoms with Crippen molar-refractivity contribution < 1.29 is 14.3 Å². The summed E-state index contributed by atoms with van der Waals surface area (Å²) in [6.45, 7) is 0. The summed E-state index contributed by atoms with van der Waals surface area (Å²) >= 11 is 0. The van der Waals surface area contributed by atoms with E-state index in [1.807, 2.05) is 35.0 Å². The summed E-state index contributed by atoms with van der Waals surface area (Å²) in [5.41, 5.74) is 5.01. The molecule has 2 N–H and O–H groups in total. The lowest BCUT2D eigenvalue weighted by atomic mass is 10.0. The minimum absolute atomic E-state index is 0.0573. The molecule has 1 aliphatic heterocycles. The Kier molecular flexibility index (Phi) is 3.94. The Morgan fingerprint density at radius 1 is 1.16 bits per heavy atom. The summed E-state index contributed by atoms with van der Waals surface area (Å²) in [4.78, 5) is 28.1. The summed E-state index contributed by atoms with van der Waals surface area (Å²) in [6, 6.07) is 12.4. The summed E-state index contributed by atoms with van der Waals surface area (Å²) < 4.78 is 16.3. The number of para-hydroxylation sites is 1. The highest BCUT2D eigenvalue weighted by atomic mass is 19.1. The van der Waals surface area contributed by atoms with Crippen molar-refractivity contribution in [3.8, 4) is 16.9 Å². The molecule has 8 heteroatoms. The molecule has 0 unspecified atom stereocenters. The smallest absolute Gasteiger partial charge is 0.354 e. The second-order valence-corrected chi connectivity index (χ2v) is 7.73. The van der Waals surface area contributed by atoms with Crippen molar-refractivity contribution in [3.05, 3.63) is 95.3 Å². The van der Waals surface area contributed by atoms with Crippen LogP contribution in [-0.2, 0) is 12.8 Å². The van der Waals surface area contributed by atoms with Crippen molar-refractivity contribution in [2.75, 3.05) is 0 Å². The molecule has 6 rings (SSSR count). The van der Waals surface area contributed by atoms with Gasteiger partial charge in [-0.15, -0.1) is 0 Å². The molecule has 0 saturated carbocycles. The van der Waals surface area contributed by atoms with E-state index in [9.17, 15) is 14.3 Å². The number of halogens is 1. The van der Waals surface area contributed by atoms with E-state index in [4.69, 9.17) is 0 Å². The number of benzene rings is 2. The van der Waals surface area contributed by atoms with Crippen LogP contribution < -0.4 is 0 Å². The van der Waals surface area contributed by atoms with Crippen molar-refractivity contribution >= 4 is 16.9 Å². The van der Waals surface area contributed by atoms with Gasteiger partial charge in [0.05, 0.1) is 11.4 Å². The Hall–Kier alpha value is -4.33. The van der Waals surface area contributed by atoms with E-state index in [2.05, 4.69) is 19.9 Å². The Morgan fingerprint density at radius 3 is 2.91 bits per heavy atom. The Bertz CT molecular complexity index is 1530. The van der Waals surface area contributed by atoms with Gasteiger partial charge in [0.1, 0.15) is 18.0 Å². The van der Waals surface area contributed by atoms with E-state index >= 15 is 0 Å². The maximum atomic E-state index is 14.4. The number of carbonyl (C=O) groups is 1. The number of fused-ring (bicyclic) bond motifs is 6. The summed E-state index contributed by atoms with van der Waals surface area (Å²) in [5.74, 6) is -0.786. The fourth-order valence-corrected chi connectivity index (χ4v) is 4.49. The van der Waals surface area contributed by atoms with Crippen molar-refractivity contribution in [1.29, 1.82) is 0 Å². The lowest BCUT2D eigenvalue weighted by Crippen LogP contribution is -2.09. The van der Waals surface area contributed by atoms with E-state index < -0.39 is 11.8 Å². The molecule has 0 aliphatic carbocycles. The number of hydrogen-bond donors (Lipinski definition) is 2. The van der Waals surface area contributed by atoms with Gasteiger partial charge in [-0.2, -0.15) is 0 Å². The number of carboxylic acids is 1. The minimum Gasteiger partial charge on any atom is -0.476 e. The van der Waals surface area contributed by atoms with Crippen LogP contribution in [0.15, 0.2) is 61.2 Å². The third kappa shape index (κ3) is 2.73. The fraction of sp³-hybridized carbons (Fsp3) is 0.0833. The van der Waals surface area contributed by atoms with Crippen LogP contribution >= 0.6 is 0 Å². The zero-order chi connectivity index (χ0) is 21.8. The highest BCUT2D eigenvalue weighted by Gasteiger charge is 2.27. The molecule has 7 nitrogen and oxygen atoms in total. The fourth-order valence-electron chi connectivity index (χ4n) is 4.49. The maximum absolute atomic E-state index is 14.4. The monoisotopic (exact) mass is 425 g/mol. The van der Waals surface area contributed by atoms with Crippen LogP contribution in [0.2, 0.25) is 0 Å². The zero-order valence-electron chi connectivity index (χ0n) is 16.7. The van der Waals surface area contributed by atoms with Gasteiger partial charge in [0.25, 0.3) is 0 Å². The number of carboxylic acid groups (broad SMARTS) is 1. The molecule has 3 aromatic heterocycles. The first-order valence-electron chi connectivity index (χ1n) is 10.1. The molecular weight excluding hydrogens is 409 g/mol. The molecule has 4 heterocycles. The van der Waals surface area contributed by atoms with E-state index in [0.29, 0.717) is 28.9 Å². The van der Waals surface area contributed by atoms with Gasteiger partial charge in [-0.25, -0.2) is 24.1 Å². The number of H-pyrrole nitrogens is 1. The quantitative estimate of drug-likeness (QED) is 0.444. The first-order chi connectivity index (χ1) is 15.6. The zero-order valence-corrected chi connectivity index (χ0v) is 16.7. The molecule has 1 aliphatic rings. The van der Waals surface area contributed by atoms with Gasteiger partial charge in [0, 0.05) is 53.0 Å². The van der Waals surface area contributed by atoms with Gasteiger partial charge in [-0.3, -0.25) is 4.57 Å². The van der Waals surface area contributed by atoms with E-state index in [-0.39, 0.29) is 12.1 Å². The van der Waals surface area contributed by atoms with E-state index in [1.165, 1.54) is 18.5 Å². The van der Waals surface area contributed by atoms with Crippen molar-refractivity contribution in [2.24, 2.45) is 0 Å². The molecule has 5 aromatic rings. The van der Waals surface area contributed by atoms with Crippen molar-refractivity contribution in [1.82, 2.24) is 24.5 Å². The predicted molar refractivity (Wildman–Crippen MR) is 115 cm³/mol. The topological polar surface area (TPSA) is 96.7 Å². The summed E-state index contributed by atoms with van der Waals surface area (Å²) in [7, 11) is 0. The van der Waals surface area contributed by atoms with Crippen LogP contribution in [-0.4, -0.2) is 35.6 Å². The standard InChI is InChI=1S/C24H16FN5O2/c25-14-5-6-17-20(8-14)30-15(9-18-22(17)28-12-29-23(18)24(31)32)11-27-21(30)7-13-10-26-19-4-2-1-3-16(13)19/h1-6,8,10-12,26H,7,9H2,(H,31,32). The molecule has 0 atom stereocenters.